The third kappa shape index (κ3) is 3.38. The number of nitrogens with one attached hydrogen (secondary N) is 2. The van der Waals surface area contributed by atoms with E-state index in [-0.39, 0.29) is 0 Å². The number of H-pyrrole nitrogens is 2. The van der Waals surface area contributed by atoms with Gasteiger partial charge in [0.05, 0.1) is 22.8 Å². The van der Waals surface area contributed by atoms with E-state index in [0.717, 1.165) is 50.4 Å². The minimum Gasteiger partial charge on any atom is -0.355 e. The molecule has 2 aliphatic rings. The van der Waals surface area contributed by atoms with Crippen LogP contribution in [0.4, 0.5) is 0 Å². The maximum Gasteiger partial charge on any atom is 0.0737 e. The van der Waals surface area contributed by atoms with Crippen LogP contribution in [0.15, 0.2) is 72.8 Å². The van der Waals surface area contributed by atoms with Gasteiger partial charge in [0, 0.05) is 27.6 Å². The van der Waals surface area contributed by atoms with Crippen molar-refractivity contribution in [2.24, 2.45) is 0 Å². The largest absolute Gasteiger partial charge is 0.355 e. The molecule has 0 fully saturated rings. The lowest BCUT2D eigenvalue weighted by Gasteiger charge is -2.06. The molecule has 31 heavy (non-hydrogen) atoms. The van der Waals surface area contributed by atoms with Gasteiger partial charge in [-0.3, -0.25) is 0 Å². The quantitative estimate of drug-likeness (QED) is 0.336. The molecule has 4 heteroatoms. The second kappa shape index (κ2) is 6.96. The van der Waals surface area contributed by atoms with Crippen LogP contribution in [0.2, 0.25) is 0 Å². The van der Waals surface area contributed by atoms with Crippen LogP contribution in [-0.4, -0.2) is 19.9 Å². The van der Waals surface area contributed by atoms with Crippen LogP contribution in [0.5, 0.6) is 0 Å². The van der Waals surface area contributed by atoms with Crippen LogP contribution in [0.25, 0.3) is 45.9 Å². The van der Waals surface area contributed by atoms with Gasteiger partial charge in [-0.15, -0.1) is 0 Å². The van der Waals surface area contributed by atoms with E-state index in [4.69, 9.17) is 9.97 Å². The molecule has 5 heterocycles. The molecule has 8 bridgehead atoms. The van der Waals surface area contributed by atoms with E-state index in [1.165, 1.54) is 11.1 Å². The molecule has 0 atom stereocenters. The van der Waals surface area contributed by atoms with Gasteiger partial charge in [-0.2, -0.15) is 0 Å². The summed E-state index contributed by atoms with van der Waals surface area (Å²) in [7, 11) is 0. The number of aromatic nitrogens is 4. The molecule has 0 spiro atoms. The van der Waals surface area contributed by atoms with Crippen LogP contribution in [-0.2, 0) is 0 Å². The van der Waals surface area contributed by atoms with E-state index < -0.39 is 0 Å². The average Bonchev–Trinajstić information content (AvgIpc) is 3.53. The predicted molar refractivity (Wildman–Crippen MR) is 128 cm³/mol. The summed E-state index contributed by atoms with van der Waals surface area (Å²) in [5.74, 6) is 0. The van der Waals surface area contributed by atoms with Crippen molar-refractivity contribution in [3.8, 4) is 0 Å². The maximum absolute atomic E-state index is 4.94. The second-order valence-corrected chi connectivity index (χ2v) is 7.91. The summed E-state index contributed by atoms with van der Waals surface area (Å²) in [5.41, 5.74) is 11.3. The highest BCUT2D eigenvalue weighted by Gasteiger charge is 2.15. The van der Waals surface area contributed by atoms with Gasteiger partial charge in [-0.05, 0) is 84.8 Å². The van der Waals surface area contributed by atoms with Crippen molar-refractivity contribution < 1.29 is 0 Å². The topological polar surface area (TPSA) is 57.4 Å². The van der Waals surface area contributed by atoms with Crippen LogP contribution >= 0.6 is 0 Å². The molecule has 6 rings (SSSR count). The normalized spacial score (nSPS) is 12.7. The zero-order chi connectivity index (χ0) is 20.8. The van der Waals surface area contributed by atoms with Crippen molar-refractivity contribution in [3.63, 3.8) is 0 Å². The first-order valence-electron chi connectivity index (χ1n) is 10.3. The average molecular weight is 400 g/mol. The van der Waals surface area contributed by atoms with Crippen LogP contribution < -0.4 is 0 Å². The van der Waals surface area contributed by atoms with Crippen LogP contribution in [0.3, 0.4) is 0 Å². The molecule has 0 saturated carbocycles. The molecular formula is C27H20N4. The number of fused-ring (bicyclic) bond motifs is 8. The van der Waals surface area contributed by atoms with E-state index in [0.29, 0.717) is 0 Å². The van der Waals surface area contributed by atoms with Gasteiger partial charge in [0.1, 0.15) is 0 Å². The number of hydrogen-bond acceptors (Lipinski definition) is 2. The summed E-state index contributed by atoms with van der Waals surface area (Å²) in [5, 5.41) is 0. The van der Waals surface area contributed by atoms with Gasteiger partial charge in [0.15, 0.2) is 0 Å². The lowest BCUT2D eigenvalue weighted by Crippen LogP contribution is -1.89. The third-order valence-corrected chi connectivity index (χ3v) is 5.60. The molecule has 0 saturated heterocycles. The molecule has 1 aromatic carbocycles. The fourth-order valence-electron chi connectivity index (χ4n) is 4.11. The lowest BCUT2D eigenvalue weighted by atomic mass is 9.98. The summed E-state index contributed by atoms with van der Waals surface area (Å²) < 4.78 is 0. The van der Waals surface area contributed by atoms with Crippen molar-refractivity contribution in [2.45, 2.75) is 6.92 Å². The van der Waals surface area contributed by atoms with Gasteiger partial charge in [-0.25, -0.2) is 9.97 Å². The van der Waals surface area contributed by atoms with Gasteiger partial charge in [-0.1, -0.05) is 24.3 Å². The lowest BCUT2D eigenvalue weighted by molar-refractivity contribution is 1.26. The summed E-state index contributed by atoms with van der Waals surface area (Å²) >= 11 is 0. The highest BCUT2D eigenvalue weighted by molar-refractivity contribution is 5.94. The zero-order valence-electron chi connectivity index (χ0n) is 17.1. The van der Waals surface area contributed by atoms with Gasteiger partial charge in [0.25, 0.3) is 0 Å². The Bertz CT molecular complexity index is 1550. The highest BCUT2D eigenvalue weighted by Crippen LogP contribution is 2.31. The molecule has 0 unspecified atom stereocenters. The Balaban J connectivity index is 1.66. The number of hydrogen-bond donors (Lipinski definition) is 2. The van der Waals surface area contributed by atoms with E-state index in [1.54, 1.807) is 0 Å². The Morgan fingerprint density at radius 2 is 1.23 bits per heavy atom. The summed E-state index contributed by atoms with van der Waals surface area (Å²) in [6, 6.07) is 25.0. The Hall–Kier alpha value is -4.18. The van der Waals surface area contributed by atoms with Gasteiger partial charge >= 0.3 is 0 Å². The minimum atomic E-state index is 0.901. The van der Waals surface area contributed by atoms with E-state index in [2.05, 4.69) is 95.8 Å². The summed E-state index contributed by atoms with van der Waals surface area (Å²) in [6.45, 7) is 2.14. The van der Waals surface area contributed by atoms with E-state index in [9.17, 15) is 0 Å². The standard InChI is InChI=1S/C27H20N4/c1-17-4-2-3-5-25(17)26-15-24-14-22-9-8-20(29-22)12-18-6-7-19(28-18)13-21-10-11-23(30-21)16-27(26)31-24/h2-16,28-29H,1H3. The fraction of sp³-hybridized carbons (Fsp3) is 0.0370. The third-order valence-electron chi connectivity index (χ3n) is 5.60. The molecule has 4 aromatic rings. The summed E-state index contributed by atoms with van der Waals surface area (Å²) in [6.07, 6.45) is 6.23. The van der Waals surface area contributed by atoms with Crippen molar-refractivity contribution in [3.05, 3.63) is 107 Å². The fourth-order valence-corrected chi connectivity index (χ4v) is 4.11. The molecule has 3 aromatic heterocycles. The van der Waals surface area contributed by atoms with Crippen molar-refractivity contribution in [1.82, 2.24) is 19.9 Å². The van der Waals surface area contributed by atoms with Crippen molar-refractivity contribution in [1.29, 1.82) is 0 Å². The maximum atomic E-state index is 4.94. The minimum absolute atomic E-state index is 0.901. The van der Waals surface area contributed by atoms with Gasteiger partial charge in [0.2, 0.25) is 0 Å². The Morgan fingerprint density at radius 1 is 0.613 bits per heavy atom. The zero-order valence-corrected chi connectivity index (χ0v) is 17.1. The Kier molecular flexibility index (Phi) is 3.96. The molecular weight excluding hydrogens is 380 g/mol. The smallest absolute Gasteiger partial charge is 0.0737 e. The molecule has 0 aliphatic carbocycles. The first-order chi connectivity index (χ1) is 15.2. The van der Waals surface area contributed by atoms with Gasteiger partial charge < -0.3 is 9.97 Å². The monoisotopic (exact) mass is 400 g/mol. The first kappa shape index (κ1) is 17.7. The molecule has 4 nitrogen and oxygen atoms in total. The number of benzene rings is 1. The molecule has 148 valence electrons. The molecule has 2 N–H and O–H groups in total. The second-order valence-electron chi connectivity index (χ2n) is 7.91. The number of aryl methyl sites for hydroxylation is 1. The Labute approximate surface area is 179 Å². The number of rotatable bonds is 1. The SMILES string of the molecule is Cc1ccccc1C1=Cc2cc3ccc(cc4ccc(cc5nc(cc1n2)C=C5)[nH]4)[nH]3. The predicted octanol–water partition coefficient (Wildman–Crippen LogP) is 6.38. The van der Waals surface area contributed by atoms with Crippen molar-refractivity contribution in [2.75, 3.05) is 0 Å². The summed E-state index contributed by atoms with van der Waals surface area (Å²) in [4.78, 5) is 16.6. The van der Waals surface area contributed by atoms with Crippen LogP contribution in [0.1, 0.15) is 33.9 Å². The number of aromatic amines is 2. The number of nitrogens with zero attached hydrogens (tertiary/aromatic N) is 2. The highest BCUT2D eigenvalue weighted by atomic mass is 14.8. The van der Waals surface area contributed by atoms with E-state index >= 15 is 0 Å². The molecule has 0 amide bonds. The van der Waals surface area contributed by atoms with Crippen molar-refractivity contribution >= 4 is 45.9 Å². The first-order valence-corrected chi connectivity index (χ1v) is 10.3. The molecule has 2 aliphatic heterocycles. The molecule has 0 radical (unpaired) electrons. The van der Waals surface area contributed by atoms with E-state index in [1.807, 2.05) is 12.2 Å². The Morgan fingerprint density at radius 3 is 1.94 bits per heavy atom. The van der Waals surface area contributed by atoms with Crippen LogP contribution in [0, 0.1) is 6.92 Å².